The van der Waals surface area contributed by atoms with Crippen molar-refractivity contribution in [2.75, 3.05) is 5.75 Å². The lowest BCUT2D eigenvalue weighted by atomic mass is 9.97. The van der Waals surface area contributed by atoms with Crippen LogP contribution in [0.1, 0.15) is 20.7 Å². The van der Waals surface area contributed by atoms with Crippen LogP contribution in [0.2, 0.25) is 0 Å². The predicted molar refractivity (Wildman–Crippen MR) is 84.4 cm³/mol. The van der Waals surface area contributed by atoms with E-state index in [4.69, 9.17) is 0 Å². The van der Waals surface area contributed by atoms with Crippen LogP contribution >= 0.6 is 11.8 Å². The lowest BCUT2D eigenvalue weighted by Gasteiger charge is -2.54. The van der Waals surface area contributed by atoms with Crippen LogP contribution in [-0.2, 0) is 9.59 Å². The van der Waals surface area contributed by atoms with Gasteiger partial charge in [0.15, 0.2) is 6.04 Å². The first-order valence-corrected chi connectivity index (χ1v) is 8.29. The Hall–Kier alpha value is -2.61. The van der Waals surface area contributed by atoms with Crippen molar-refractivity contribution in [3.05, 3.63) is 47.5 Å². The monoisotopic (exact) mass is 344 g/mol. The molecule has 8 heteroatoms. The van der Waals surface area contributed by atoms with Crippen LogP contribution in [-0.4, -0.2) is 61.8 Å². The number of benzene rings is 1. The molecule has 4 rings (SSSR count). The van der Waals surface area contributed by atoms with Gasteiger partial charge >= 0.3 is 5.97 Å². The van der Waals surface area contributed by atoms with E-state index in [9.17, 15) is 24.3 Å². The number of carbonyl (C=O) groups excluding carboxylic acids is 3. The largest absolute Gasteiger partial charge is 0.479 e. The Kier molecular flexibility index (Phi) is 3.08. The molecular formula is C16H12N2O5S. The van der Waals surface area contributed by atoms with Gasteiger partial charge in [-0.25, -0.2) is 4.79 Å². The first-order chi connectivity index (χ1) is 11.4. The van der Waals surface area contributed by atoms with E-state index in [1.165, 1.54) is 16.7 Å². The molecule has 0 saturated carbocycles. The fourth-order valence-electron chi connectivity index (χ4n) is 3.38. The molecule has 2 unspecified atom stereocenters. The second kappa shape index (κ2) is 4.94. The maximum Gasteiger partial charge on any atom is 0.330 e. The van der Waals surface area contributed by atoms with Gasteiger partial charge in [-0.15, -0.1) is 11.8 Å². The van der Waals surface area contributed by atoms with E-state index in [1.54, 1.807) is 24.3 Å². The molecule has 1 N–H and O–H groups in total. The molecule has 122 valence electrons. The third kappa shape index (κ3) is 1.74. The number of β-lactam (4-membered cyclic amide) rings is 1. The molecule has 0 bridgehead atoms. The van der Waals surface area contributed by atoms with Crippen LogP contribution in [0, 0.1) is 0 Å². The van der Waals surface area contributed by atoms with E-state index in [-0.39, 0.29) is 11.1 Å². The highest BCUT2D eigenvalue weighted by atomic mass is 32.2. The molecule has 3 atom stereocenters. The van der Waals surface area contributed by atoms with E-state index in [1.807, 2.05) is 0 Å². The summed E-state index contributed by atoms with van der Waals surface area (Å²) >= 11 is 1.32. The number of aliphatic carboxylic acids is 1. The summed E-state index contributed by atoms with van der Waals surface area (Å²) in [6, 6.07) is 4.34. The Balaban J connectivity index is 1.67. The lowest BCUT2D eigenvalue weighted by Crippen LogP contribution is -2.75. The van der Waals surface area contributed by atoms with Crippen molar-refractivity contribution >= 4 is 35.5 Å². The van der Waals surface area contributed by atoms with Gasteiger partial charge in [0.2, 0.25) is 0 Å². The van der Waals surface area contributed by atoms with Crippen molar-refractivity contribution in [1.29, 1.82) is 0 Å². The van der Waals surface area contributed by atoms with Gasteiger partial charge in [-0.2, -0.15) is 0 Å². The molecule has 2 saturated heterocycles. The van der Waals surface area contributed by atoms with Crippen molar-refractivity contribution in [3.63, 3.8) is 0 Å². The summed E-state index contributed by atoms with van der Waals surface area (Å²) < 4.78 is 0. The number of hydrogen-bond donors (Lipinski definition) is 1. The number of nitrogens with zero attached hydrogens (tertiary/aromatic N) is 2. The molecule has 3 heterocycles. The second-order valence-electron chi connectivity index (χ2n) is 5.82. The van der Waals surface area contributed by atoms with Gasteiger partial charge in [-0.3, -0.25) is 19.3 Å². The maximum absolute atomic E-state index is 12.5. The molecule has 0 aromatic heterocycles. The zero-order valence-corrected chi connectivity index (χ0v) is 13.2. The number of amides is 3. The molecule has 3 aliphatic rings. The maximum atomic E-state index is 12.5. The van der Waals surface area contributed by atoms with E-state index in [0.29, 0.717) is 11.3 Å². The number of thioether (sulfide) groups is 1. The molecular weight excluding hydrogens is 332 g/mol. The minimum absolute atomic E-state index is 0.272. The normalized spacial score (nSPS) is 28.6. The SMILES string of the molecule is C=C1CS[C@@H]2C(N3C(=O)c4ccccc4C3=O)C(=O)N2C1C(=O)O. The van der Waals surface area contributed by atoms with Crippen molar-refractivity contribution in [3.8, 4) is 0 Å². The Morgan fingerprint density at radius 1 is 1.17 bits per heavy atom. The van der Waals surface area contributed by atoms with Gasteiger partial charge in [0.25, 0.3) is 17.7 Å². The molecule has 0 aliphatic carbocycles. The standard InChI is InChI=1S/C16H12N2O5S/c1-7-6-24-15-11(14(21)18(15)10(7)16(22)23)17-12(19)8-4-2-3-5-9(8)13(17)20/h2-5,10-11,15H,1,6H2,(H,22,23)/t10?,11?,15-/m1/s1. The minimum Gasteiger partial charge on any atom is -0.479 e. The lowest BCUT2D eigenvalue weighted by molar-refractivity contribution is -0.161. The fourth-order valence-corrected chi connectivity index (χ4v) is 4.73. The van der Waals surface area contributed by atoms with Gasteiger partial charge in [0, 0.05) is 5.75 Å². The summed E-state index contributed by atoms with van der Waals surface area (Å²) in [6.45, 7) is 3.71. The highest BCUT2D eigenvalue weighted by Crippen LogP contribution is 2.43. The quantitative estimate of drug-likeness (QED) is 0.479. The van der Waals surface area contributed by atoms with Gasteiger partial charge in [0.1, 0.15) is 11.4 Å². The molecule has 7 nitrogen and oxygen atoms in total. The van der Waals surface area contributed by atoms with Crippen LogP contribution in [0.5, 0.6) is 0 Å². The molecule has 3 amide bonds. The minimum atomic E-state index is -1.15. The van der Waals surface area contributed by atoms with Gasteiger partial charge in [0.05, 0.1) is 11.1 Å². The van der Waals surface area contributed by atoms with Crippen LogP contribution < -0.4 is 0 Å². The number of imide groups is 1. The first-order valence-electron chi connectivity index (χ1n) is 7.24. The molecule has 2 fully saturated rings. The highest BCUT2D eigenvalue weighted by molar-refractivity contribution is 8.00. The molecule has 1 aromatic rings. The van der Waals surface area contributed by atoms with Crippen LogP contribution in [0.15, 0.2) is 36.4 Å². The number of carboxylic acids is 1. The van der Waals surface area contributed by atoms with Crippen LogP contribution in [0.3, 0.4) is 0 Å². The molecule has 24 heavy (non-hydrogen) atoms. The van der Waals surface area contributed by atoms with Crippen LogP contribution in [0.25, 0.3) is 0 Å². The van der Waals surface area contributed by atoms with E-state index in [0.717, 1.165) is 4.90 Å². The highest BCUT2D eigenvalue weighted by Gasteiger charge is 2.61. The van der Waals surface area contributed by atoms with Gasteiger partial charge in [-0.1, -0.05) is 18.7 Å². The van der Waals surface area contributed by atoms with E-state index < -0.39 is 41.1 Å². The number of rotatable bonds is 2. The van der Waals surface area contributed by atoms with Crippen molar-refractivity contribution in [2.45, 2.75) is 17.5 Å². The number of hydrogen-bond acceptors (Lipinski definition) is 5. The average Bonchev–Trinajstić information content (AvgIpc) is 2.80. The summed E-state index contributed by atoms with van der Waals surface area (Å²) in [7, 11) is 0. The third-order valence-electron chi connectivity index (χ3n) is 4.49. The zero-order chi connectivity index (χ0) is 17.2. The van der Waals surface area contributed by atoms with E-state index >= 15 is 0 Å². The summed E-state index contributed by atoms with van der Waals surface area (Å²) in [5.41, 5.74) is 0.973. The predicted octanol–water partition coefficient (Wildman–Crippen LogP) is 0.576. The topological polar surface area (TPSA) is 95.0 Å². The van der Waals surface area contributed by atoms with Crippen LogP contribution in [0.4, 0.5) is 0 Å². The van der Waals surface area contributed by atoms with Gasteiger partial charge < -0.3 is 10.0 Å². The smallest absolute Gasteiger partial charge is 0.330 e. The molecule has 0 spiro atoms. The van der Waals surface area contributed by atoms with Crippen molar-refractivity contribution in [2.24, 2.45) is 0 Å². The Morgan fingerprint density at radius 3 is 2.29 bits per heavy atom. The Bertz CT molecular complexity index is 801. The molecule has 3 aliphatic heterocycles. The second-order valence-corrected chi connectivity index (χ2v) is 6.92. The molecule has 1 aromatic carbocycles. The van der Waals surface area contributed by atoms with Crippen molar-refractivity contribution < 1.29 is 24.3 Å². The van der Waals surface area contributed by atoms with Crippen molar-refractivity contribution in [1.82, 2.24) is 9.80 Å². The zero-order valence-electron chi connectivity index (χ0n) is 12.3. The van der Waals surface area contributed by atoms with E-state index in [2.05, 4.69) is 6.58 Å². The Morgan fingerprint density at radius 2 is 1.75 bits per heavy atom. The Labute approximate surface area is 140 Å². The fraction of sp³-hybridized carbons (Fsp3) is 0.250. The summed E-state index contributed by atoms with van der Waals surface area (Å²) in [5, 5.41) is 8.78. The number of carbonyl (C=O) groups is 4. The van der Waals surface area contributed by atoms with Gasteiger partial charge in [-0.05, 0) is 17.7 Å². The summed E-state index contributed by atoms with van der Waals surface area (Å²) in [5.74, 6) is -2.34. The first kappa shape index (κ1) is 14.9. The number of fused-ring (bicyclic) bond motifs is 2. The average molecular weight is 344 g/mol. The number of carboxylic acid groups (broad SMARTS) is 1. The molecule has 0 radical (unpaired) electrons. The third-order valence-corrected chi connectivity index (χ3v) is 5.86. The summed E-state index contributed by atoms with van der Waals surface area (Å²) in [6.07, 6.45) is 0. The summed E-state index contributed by atoms with van der Waals surface area (Å²) in [4.78, 5) is 51.2.